The summed E-state index contributed by atoms with van der Waals surface area (Å²) in [6.07, 6.45) is 0. The average Bonchev–Trinajstić information content (AvgIpc) is 3.09. The van der Waals surface area contributed by atoms with Crippen molar-refractivity contribution in [1.82, 2.24) is 0 Å². The van der Waals surface area contributed by atoms with Gasteiger partial charge in [0.15, 0.2) is 18.1 Å². The SMILES string of the molecule is C/C(=N\OCC(=O)N(C)c1ccccc1)c1ccc2c(c1)OCO2. The van der Waals surface area contributed by atoms with Gasteiger partial charge in [-0.25, -0.2) is 0 Å². The second kappa shape index (κ2) is 7.04. The number of amides is 1. The molecule has 2 aromatic rings. The number of carbonyl (C=O) groups excluding carboxylic acids is 1. The van der Waals surface area contributed by atoms with Crippen LogP contribution in [0, 0.1) is 0 Å². The van der Waals surface area contributed by atoms with Crippen LogP contribution in [0.4, 0.5) is 5.69 Å². The van der Waals surface area contributed by atoms with Crippen molar-refractivity contribution >= 4 is 17.3 Å². The highest BCUT2D eigenvalue weighted by atomic mass is 16.7. The number of anilines is 1. The van der Waals surface area contributed by atoms with E-state index in [9.17, 15) is 4.79 Å². The van der Waals surface area contributed by atoms with E-state index in [1.165, 1.54) is 4.90 Å². The Morgan fingerprint density at radius 2 is 1.92 bits per heavy atom. The van der Waals surface area contributed by atoms with Gasteiger partial charge < -0.3 is 19.2 Å². The van der Waals surface area contributed by atoms with Crippen molar-refractivity contribution in [2.24, 2.45) is 5.16 Å². The molecule has 3 rings (SSSR count). The number of rotatable bonds is 5. The van der Waals surface area contributed by atoms with Gasteiger partial charge in [0.1, 0.15) is 0 Å². The van der Waals surface area contributed by atoms with Gasteiger partial charge in [0, 0.05) is 18.3 Å². The number of benzene rings is 2. The molecule has 1 amide bonds. The number of carbonyl (C=O) groups is 1. The average molecular weight is 326 g/mol. The third-order valence-electron chi connectivity index (χ3n) is 3.70. The van der Waals surface area contributed by atoms with E-state index in [4.69, 9.17) is 14.3 Å². The zero-order valence-corrected chi connectivity index (χ0v) is 13.6. The highest BCUT2D eigenvalue weighted by Gasteiger charge is 2.15. The summed E-state index contributed by atoms with van der Waals surface area (Å²) in [6.45, 7) is 1.90. The van der Waals surface area contributed by atoms with Gasteiger partial charge in [0.05, 0.1) is 5.71 Å². The molecule has 1 aliphatic rings. The summed E-state index contributed by atoms with van der Waals surface area (Å²) >= 11 is 0. The monoisotopic (exact) mass is 326 g/mol. The molecule has 0 radical (unpaired) electrons. The lowest BCUT2D eigenvalue weighted by atomic mass is 10.1. The van der Waals surface area contributed by atoms with Crippen LogP contribution in [0.25, 0.3) is 0 Å². The molecule has 0 spiro atoms. The van der Waals surface area contributed by atoms with Crippen molar-refractivity contribution in [2.75, 3.05) is 25.3 Å². The first kappa shape index (κ1) is 15.9. The molecule has 124 valence electrons. The maximum Gasteiger partial charge on any atom is 0.267 e. The van der Waals surface area contributed by atoms with E-state index >= 15 is 0 Å². The predicted molar refractivity (Wildman–Crippen MR) is 90.6 cm³/mol. The zero-order chi connectivity index (χ0) is 16.9. The Hall–Kier alpha value is -3.02. The second-order valence-electron chi connectivity index (χ2n) is 5.31. The van der Waals surface area contributed by atoms with Gasteiger partial charge in [-0.3, -0.25) is 4.79 Å². The minimum atomic E-state index is -0.177. The fraction of sp³-hybridized carbons (Fsp3) is 0.222. The van der Waals surface area contributed by atoms with E-state index in [1.54, 1.807) is 7.05 Å². The van der Waals surface area contributed by atoms with Crippen LogP contribution in [-0.4, -0.2) is 32.1 Å². The van der Waals surface area contributed by atoms with Crippen LogP contribution in [0.1, 0.15) is 12.5 Å². The number of ether oxygens (including phenoxy) is 2. The van der Waals surface area contributed by atoms with Crippen molar-refractivity contribution in [3.8, 4) is 11.5 Å². The van der Waals surface area contributed by atoms with Gasteiger partial charge in [-0.2, -0.15) is 0 Å². The maximum absolute atomic E-state index is 12.1. The quantitative estimate of drug-likeness (QED) is 0.626. The Bertz CT molecular complexity index is 759. The lowest BCUT2D eigenvalue weighted by molar-refractivity contribution is -0.122. The van der Waals surface area contributed by atoms with E-state index in [1.807, 2.05) is 55.5 Å². The molecular weight excluding hydrogens is 308 g/mol. The molecule has 0 aliphatic carbocycles. The van der Waals surface area contributed by atoms with E-state index in [0.29, 0.717) is 17.2 Å². The number of para-hydroxylation sites is 1. The van der Waals surface area contributed by atoms with Gasteiger partial charge in [-0.1, -0.05) is 23.4 Å². The maximum atomic E-state index is 12.1. The summed E-state index contributed by atoms with van der Waals surface area (Å²) in [5, 5.41) is 4.01. The largest absolute Gasteiger partial charge is 0.454 e. The van der Waals surface area contributed by atoms with Crippen molar-refractivity contribution in [3.63, 3.8) is 0 Å². The molecule has 0 bridgehead atoms. The first-order valence-electron chi connectivity index (χ1n) is 7.53. The van der Waals surface area contributed by atoms with Crippen LogP contribution in [0.15, 0.2) is 53.7 Å². The lowest BCUT2D eigenvalue weighted by Gasteiger charge is -2.16. The lowest BCUT2D eigenvalue weighted by Crippen LogP contribution is -2.29. The van der Waals surface area contributed by atoms with Gasteiger partial charge >= 0.3 is 0 Å². The number of hydrogen-bond donors (Lipinski definition) is 0. The third-order valence-corrected chi connectivity index (χ3v) is 3.70. The zero-order valence-electron chi connectivity index (χ0n) is 13.6. The topological polar surface area (TPSA) is 60.4 Å². The molecule has 0 atom stereocenters. The summed E-state index contributed by atoms with van der Waals surface area (Å²) in [6, 6.07) is 14.9. The predicted octanol–water partition coefficient (Wildman–Crippen LogP) is 2.82. The molecule has 0 N–H and O–H groups in total. The first-order valence-corrected chi connectivity index (χ1v) is 7.53. The summed E-state index contributed by atoms with van der Waals surface area (Å²) in [7, 11) is 1.70. The van der Waals surface area contributed by atoms with Crippen LogP contribution >= 0.6 is 0 Å². The molecule has 0 saturated heterocycles. The molecule has 0 unspecified atom stereocenters. The first-order chi connectivity index (χ1) is 11.6. The van der Waals surface area contributed by atoms with Crippen LogP contribution in [-0.2, 0) is 9.63 Å². The summed E-state index contributed by atoms with van der Waals surface area (Å²) in [4.78, 5) is 18.8. The van der Waals surface area contributed by atoms with Gasteiger partial charge in [0.25, 0.3) is 5.91 Å². The molecule has 1 heterocycles. The van der Waals surface area contributed by atoms with Crippen LogP contribution in [0.3, 0.4) is 0 Å². The van der Waals surface area contributed by atoms with Crippen LogP contribution < -0.4 is 14.4 Å². The van der Waals surface area contributed by atoms with Crippen LogP contribution in [0.2, 0.25) is 0 Å². The molecule has 2 aromatic carbocycles. The third kappa shape index (κ3) is 3.48. The standard InChI is InChI=1S/C18H18N2O4/c1-13(14-8-9-16-17(10-14)23-12-22-16)19-24-11-18(21)20(2)15-6-4-3-5-7-15/h3-10H,11-12H2,1-2H3/b19-13+. The second-order valence-corrected chi connectivity index (χ2v) is 5.31. The fourth-order valence-corrected chi connectivity index (χ4v) is 2.25. The molecule has 0 aromatic heterocycles. The number of nitrogens with zero attached hydrogens (tertiary/aromatic N) is 2. The smallest absolute Gasteiger partial charge is 0.267 e. The Kier molecular flexibility index (Phi) is 4.65. The van der Waals surface area contributed by atoms with Crippen molar-refractivity contribution in [2.45, 2.75) is 6.92 Å². The van der Waals surface area contributed by atoms with Crippen molar-refractivity contribution in [3.05, 3.63) is 54.1 Å². The van der Waals surface area contributed by atoms with E-state index in [-0.39, 0.29) is 19.3 Å². The highest BCUT2D eigenvalue weighted by Crippen LogP contribution is 2.32. The van der Waals surface area contributed by atoms with E-state index < -0.39 is 0 Å². The number of oxime groups is 1. The van der Waals surface area contributed by atoms with E-state index in [2.05, 4.69) is 5.16 Å². The molecule has 6 heteroatoms. The van der Waals surface area contributed by atoms with Crippen LogP contribution in [0.5, 0.6) is 11.5 Å². The molecular formula is C18H18N2O4. The number of likely N-dealkylation sites (N-methyl/N-ethyl adjacent to an activating group) is 1. The molecule has 24 heavy (non-hydrogen) atoms. The van der Waals surface area contributed by atoms with E-state index in [0.717, 1.165) is 11.3 Å². The molecule has 0 fully saturated rings. The Labute approximate surface area is 140 Å². The Balaban J connectivity index is 1.58. The highest BCUT2D eigenvalue weighted by molar-refractivity contribution is 5.99. The molecule has 6 nitrogen and oxygen atoms in total. The minimum Gasteiger partial charge on any atom is -0.454 e. The van der Waals surface area contributed by atoms with Gasteiger partial charge in [-0.15, -0.1) is 0 Å². The van der Waals surface area contributed by atoms with Gasteiger partial charge in [0.2, 0.25) is 6.79 Å². The van der Waals surface area contributed by atoms with Gasteiger partial charge in [-0.05, 0) is 37.3 Å². The number of fused-ring (bicyclic) bond motifs is 1. The van der Waals surface area contributed by atoms with Crippen molar-refractivity contribution < 1.29 is 19.1 Å². The number of hydrogen-bond acceptors (Lipinski definition) is 5. The molecule has 0 saturated carbocycles. The summed E-state index contributed by atoms with van der Waals surface area (Å²) < 4.78 is 10.6. The minimum absolute atomic E-state index is 0.132. The summed E-state index contributed by atoms with van der Waals surface area (Å²) in [5.74, 6) is 1.22. The van der Waals surface area contributed by atoms with Crippen molar-refractivity contribution in [1.29, 1.82) is 0 Å². The summed E-state index contributed by atoms with van der Waals surface area (Å²) in [5.41, 5.74) is 2.31. The Morgan fingerprint density at radius 1 is 1.17 bits per heavy atom. The fourth-order valence-electron chi connectivity index (χ4n) is 2.25. The normalized spacial score (nSPS) is 12.8. The Morgan fingerprint density at radius 3 is 2.71 bits per heavy atom. The molecule has 1 aliphatic heterocycles.